The minimum atomic E-state index is -0.0969. The van der Waals surface area contributed by atoms with Crippen molar-refractivity contribution in [3.63, 3.8) is 0 Å². The van der Waals surface area contributed by atoms with Crippen LogP contribution in [0.1, 0.15) is 37.8 Å². The van der Waals surface area contributed by atoms with Gasteiger partial charge in [0, 0.05) is 33.3 Å². The molecule has 2 aliphatic rings. The number of carbonyl (C=O) groups excluding carboxylic acids is 1. The summed E-state index contributed by atoms with van der Waals surface area (Å²) in [4.78, 5) is 17.1. The fourth-order valence-corrected chi connectivity index (χ4v) is 3.75. The molecular formula is C16H27N5O2. The largest absolute Gasteiger partial charge is 0.380 e. The monoisotopic (exact) mass is 321 g/mol. The average molecular weight is 321 g/mol. The van der Waals surface area contributed by atoms with Gasteiger partial charge >= 0.3 is 0 Å². The van der Waals surface area contributed by atoms with Crippen molar-refractivity contribution in [1.29, 1.82) is 0 Å². The molecule has 0 unspecified atom stereocenters. The summed E-state index contributed by atoms with van der Waals surface area (Å²) in [5.74, 6) is 2.11. The van der Waals surface area contributed by atoms with E-state index in [1.165, 1.54) is 0 Å². The molecule has 3 rings (SSSR count). The molecule has 2 atom stereocenters. The first-order valence-corrected chi connectivity index (χ1v) is 8.58. The van der Waals surface area contributed by atoms with Crippen LogP contribution in [-0.2, 0) is 22.6 Å². The summed E-state index contributed by atoms with van der Waals surface area (Å²) in [6, 6.07) is -0.0969. The quantitative estimate of drug-likeness (QED) is 0.803. The van der Waals surface area contributed by atoms with E-state index in [0.29, 0.717) is 6.54 Å². The fraction of sp³-hybridized carbons (Fsp3) is 0.812. The maximum Gasteiger partial charge on any atom is 0.240 e. The molecule has 3 heterocycles. The van der Waals surface area contributed by atoms with E-state index >= 15 is 0 Å². The molecule has 0 bridgehead atoms. The maximum absolute atomic E-state index is 12.9. The third kappa shape index (κ3) is 3.26. The lowest BCUT2D eigenvalue weighted by atomic mass is 10.1. The Morgan fingerprint density at radius 3 is 2.70 bits per heavy atom. The first kappa shape index (κ1) is 16.4. The van der Waals surface area contributed by atoms with Crippen LogP contribution in [0.15, 0.2) is 0 Å². The molecule has 2 aliphatic heterocycles. The summed E-state index contributed by atoms with van der Waals surface area (Å²) >= 11 is 0. The van der Waals surface area contributed by atoms with Crippen molar-refractivity contribution in [3.05, 3.63) is 11.6 Å². The Morgan fingerprint density at radius 2 is 2.04 bits per heavy atom. The Hall–Kier alpha value is -1.47. The van der Waals surface area contributed by atoms with Gasteiger partial charge in [0.1, 0.15) is 11.6 Å². The van der Waals surface area contributed by atoms with Gasteiger partial charge in [0.05, 0.1) is 18.7 Å². The highest BCUT2D eigenvalue weighted by Crippen LogP contribution is 2.25. The lowest BCUT2D eigenvalue weighted by Crippen LogP contribution is -2.44. The zero-order valence-corrected chi connectivity index (χ0v) is 14.4. The van der Waals surface area contributed by atoms with Gasteiger partial charge < -0.3 is 14.2 Å². The Balaban J connectivity index is 1.75. The number of nitrogens with zero attached hydrogens (tertiary/aromatic N) is 5. The van der Waals surface area contributed by atoms with Gasteiger partial charge in [-0.1, -0.05) is 0 Å². The van der Waals surface area contributed by atoms with Gasteiger partial charge in [0.15, 0.2) is 0 Å². The van der Waals surface area contributed by atoms with Gasteiger partial charge in [0.25, 0.3) is 0 Å². The van der Waals surface area contributed by atoms with Crippen LogP contribution >= 0.6 is 0 Å². The molecule has 0 aliphatic carbocycles. The minimum Gasteiger partial charge on any atom is -0.380 e. The molecule has 0 aromatic carbocycles. The Kier molecular flexibility index (Phi) is 4.96. The van der Waals surface area contributed by atoms with Gasteiger partial charge in [-0.3, -0.25) is 9.69 Å². The van der Waals surface area contributed by atoms with E-state index in [1.807, 2.05) is 11.8 Å². The van der Waals surface area contributed by atoms with Gasteiger partial charge in [-0.15, -0.1) is 10.2 Å². The standard InChI is InChI=1S/C16H27N5O2/c1-4-21-12(2)17-18-15(21)11-20-10-13(23-3)9-14(20)16(22)19-7-5-6-8-19/h13-14H,4-11H2,1-3H3/t13-,14-/m0/s1. The van der Waals surface area contributed by atoms with Crippen molar-refractivity contribution in [2.24, 2.45) is 0 Å². The number of ether oxygens (including phenoxy) is 1. The number of hydrogen-bond donors (Lipinski definition) is 0. The fourth-order valence-electron chi connectivity index (χ4n) is 3.75. The first-order chi connectivity index (χ1) is 11.1. The summed E-state index contributed by atoms with van der Waals surface area (Å²) in [6.45, 7) is 8.12. The predicted octanol–water partition coefficient (Wildman–Crippen LogP) is 0.818. The molecule has 0 spiro atoms. The number of amides is 1. The van der Waals surface area contributed by atoms with Crippen LogP contribution in [0.5, 0.6) is 0 Å². The van der Waals surface area contributed by atoms with Crippen LogP contribution in [0, 0.1) is 6.92 Å². The first-order valence-electron chi connectivity index (χ1n) is 8.58. The summed E-state index contributed by atoms with van der Waals surface area (Å²) in [5.41, 5.74) is 0. The molecule has 2 saturated heterocycles. The number of rotatable bonds is 5. The Bertz CT molecular complexity index is 553. The molecule has 0 N–H and O–H groups in total. The molecule has 23 heavy (non-hydrogen) atoms. The van der Waals surface area contributed by atoms with E-state index in [4.69, 9.17) is 4.74 Å². The molecule has 0 saturated carbocycles. The second kappa shape index (κ2) is 6.97. The Morgan fingerprint density at radius 1 is 1.30 bits per heavy atom. The number of aryl methyl sites for hydroxylation is 1. The van der Waals surface area contributed by atoms with Crippen molar-refractivity contribution in [1.82, 2.24) is 24.6 Å². The third-order valence-corrected chi connectivity index (χ3v) is 5.07. The molecule has 0 radical (unpaired) electrons. The Labute approximate surface area is 137 Å². The SMILES string of the molecule is CCn1c(C)nnc1CN1C[C@@H](OC)C[C@H]1C(=O)N1CCCC1. The molecule has 7 heteroatoms. The van der Waals surface area contributed by atoms with E-state index in [2.05, 4.69) is 26.6 Å². The zero-order valence-electron chi connectivity index (χ0n) is 14.4. The second-order valence-electron chi connectivity index (χ2n) is 6.48. The summed E-state index contributed by atoms with van der Waals surface area (Å²) in [5, 5.41) is 8.47. The number of aromatic nitrogens is 3. The van der Waals surface area contributed by atoms with Crippen LogP contribution in [-0.4, -0.2) is 69.4 Å². The van der Waals surface area contributed by atoms with Crippen LogP contribution in [0.2, 0.25) is 0 Å². The van der Waals surface area contributed by atoms with Gasteiger partial charge in [-0.05, 0) is 33.1 Å². The van der Waals surface area contributed by atoms with Gasteiger partial charge in [-0.2, -0.15) is 0 Å². The topological polar surface area (TPSA) is 63.5 Å². The molecular weight excluding hydrogens is 294 g/mol. The van der Waals surface area contributed by atoms with Crippen molar-refractivity contribution >= 4 is 5.91 Å². The highest BCUT2D eigenvalue weighted by molar-refractivity contribution is 5.82. The van der Waals surface area contributed by atoms with Crippen molar-refractivity contribution in [2.75, 3.05) is 26.7 Å². The molecule has 1 aromatic rings. The lowest BCUT2D eigenvalue weighted by Gasteiger charge is -2.27. The average Bonchev–Trinajstić information content (AvgIpc) is 3.27. The molecule has 7 nitrogen and oxygen atoms in total. The number of carbonyl (C=O) groups is 1. The highest BCUT2D eigenvalue weighted by Gasteiger charge is 2.40. The zero-order chi connectivity index (χ0) is 16.4. The smallest absolute Gasteiger partial charge is 0.240 e. The van der Waals surface area contributed by atoms with Crippen LogP contribution < -0.4 is 0 Å². The minimum absolute atomic E-state index is 0.0969. The van der Waals surface area contributed by atoms with E-state index in [1.54, 1.807) is 7.11 Å². The molecule has 1 aromatic heterocycles. The lowest BCUT2D eigenvalue weighted by molar-refractivity contribution is -0.135. The van der Waals surface area contributed by atoms with Crippen molar-refractivity contribution in [2.45, 2.75) is 58.3 Å². The second-order valence-corrected chi connectivity index (χ2v) is 6.48. The van der Waals surface area contributed by atoms with Gasteiger partial charge in [0.2, 0.25) is 5.91 Å². The maximum atomic E-state index is 12.9. The van der Waals surface area contributed by atoms with Crippen LogP contribution in [0.25, 0.3) is 0 Å². The van der Waals surface area contributed by atoms with Gasteiger partial charge in [-0.25, -0.2) is 0 Å². The highest BCUT2D eigenvalue weighted by atomic mass is 16.5. The number of hydrogen-bond acceptors (Lipinski definition) is 5. The van der Waals surface area contributed by atoms with Crippen LogP contribution in [0.4, 0.5) is 0 Å². The number of likely N-dealkylation sites (tertiary alicyclic amines) is 2. The molecule has 128 valence electrons. The normalized spacial score (nSPS) is 25.4. The molecule has 2 fully saturated rings. The van der Waals surface area contributed by atoms with Crippen LogP contribution in [0.3, 0.4) is 0 Å². The summed E-state index contributed by atoms with van der Waals surface area (Å²) in [7, 11) is 1.73. The molecule has 1 amide bonds. The number of methoxy groups -OCH3 is 1. The van der Waals surface area contributed by atoms with E-state index in [9.17, 15) is 4.79 Å². The predicted molar refractivity (Wildman–Crippen MR) is 85.9 cm³/mol. The third-order valence-electron chi connectivity index (χ3n) is 5.07. The van der Waals surface area contributed by atoms with E-state index < -0.39 is 0 Å². The van der Waals surface area contributed by atoms with E-state index in [0.717, 1.165) is 57.1 Å². The van der Waals surface area contributed by atoms with Crippen molar-refractivity contribution < 1.29 is 9.53 Å². The van der Waals surface area contributed by atoms with Crippen molar-refractivity contribution in [3.8, 4) is 0 Å². The summed E-state index contributed by atoms with van der Waals surface area (Å²) < 4.78 is 7.64. The van der Waals surface area contributed by atoms with E-state index in [-0.39, 0.29) is 18.1 Å². The summed E-state index contributed by atoms with van der Waals surface area (Å²) in [6.07, 6.45) is 3.13.